The van der Waals surface area contributed by atoms with Crippen molar-refractivity contribution in [2.24, 2.45) is 0 Å². The van der Waals surface area contributed by atoms with Gasteiger partial charge in [-0.2, -0.15) is 0 Å². The van der Waals surface area contributed by atoms with Gasteiger partial charge in [-0.3, -0.25) is 9.97 Å². The summed E-state index contributed by atoms with van der Waals surface area (Å²) in [5.74, 6) is 1.53. The first-order valence-electron chi connectivity index (χ1n) is 16.9. The van der Waals surface area contributed by atoms with Gasteiger partial charge in [-0.25, -0.2) is 0 Å². The molecule has 0 unspecified atom stereocenters. The van der Waals surface area contributed by atoms with Crippen LogP contribution < -0.4 is 0 Å². The minimum absolute atomic E-state index is 0. The minimum Gasteiger partial charge on any atom is -0.501 e. The largest absolute Gasteiger partial charge is 0.501 e. The van der Waals surface area contributed by atoms with Crippen LogP contribution in [-0.2, 0) is 20.1 Å². The molecule has 4 heterocycles. The number of nitrogens with zero attached hydrogens (tertiary/aromatic N) is 4. The number of hydrogen-bond donors (Lipinski definition) is 0. The fourth-order valence-electron chi connectivity index (χ4n) is 6.49. The summed E-state index contributed by atoms with van der Waals surface area (Å²) in [4.78, 5) is 14.0. The van der Waals surface area contributed by atoms with Gasteiger partial charge >= 0.3 is 0 Å². The third kappa shape index (κ3) is 6.54. The van der Waals surface area contributed by atoms with Crippen LogP contribution in [0.25, 0.3) is 61.3 Å². The van der Waals surface area contributed by atoms with Gasteiger partial charge in [0.1, 0.15) is 5.58 Å². The molecule has 0 fully saturated rings. The minimum atomic E-state index is 0. The molecule has 0 atom stereocenters. The molecule has 0 aliphatic heterocycles. The van der Waals surface area contributed by atoms with Crippen LogP contribution in [0.5, 0.6) is 0 Å². The zero-order chi connectivity index (χ0) is 34.2. The molecule has 253 valence electrons. The van der Waals surface area contributed by atoms with Crippen molar-refractivity contribution in [1.82, 2.24) is 19.5 Å². The number of aryl methyl sites for hydroxylation is 3. The van der Waals surface area contributed by atoms with E-state index in [-0.39, 0.29) is 20.1 Å². The second-order valence-corrected chi connectivity index (χ2v) is 13.4. The Morgan fingerprint density at radius 3 is 2.14 bits per heavy atom. The Kier molecular flexibility index (Phi) is 10.2. The van der Waals surface area contributed by atoms with Crippen molar-refractivity contribution in [3.63, 3.8) is 0 Å². The standard InChI is InChI=1S/C31H28N3O.C13H12N.Ir/c1-18(2)21-11-8-12-22(19(3)4)29(21)34-28-20(5)16-32-17-26(28)33-31(34)25-14-9-13-24-23-10-6-7-15-27(23)35-30(24)25;1-10-3-6-12(7-4-10)13-8-5-11(2)9-14-13;/h6-13,15-19H,1-5H3;3-6,8-9H,1-2H3;/q2*-1;. The predicted octanol–water partition coefficient (Wildman–Crippen LogP) is 11.5. The zero-order valence-corrected chi connectivity index (χ0v) is 31.9. The Balaban J connectivity index is 0.000000242. The van der Waals surface area contributed by atoms with E-state index in [0.29, 0.717) is 11.8 Å². The van der Waals surface area contributed by atoms with Crippen LogP contribution in [0.3, 0.4) is 0 Å². The molecule has 4 aromatic carbocycles. The summed E-state index contributed by atoms with van der Waals surface area (Å²) >= 11 is 0. The van der Waals surface area contributed by atoms with Gasteiger partial charge < -0.3 is 14.0 Å². The number of furan rings is 1. The van der Waals surface area contributed by atoms with E-state index in [1.165, 1.54) is 27.9 Å². The molecule has 0 bridgehead atoms. The van der Waals surface area contributed by atoms with Gasteiger partial charge in [0.25, 0.3) is 0 Å². The smallest absolute Gasteiger partial charge is 0.120 e. The maximum atomic E-state index is 6.41. The summed E-state index contributed by atoms with van der Waals surface area (Å²) in [6.07, 6.45) is 5.65. The van der Waals surface area contributed by atoms with E-state index in [1.807, 2.05) is 68.0 Å². The maximum absolute atomic E-state index is 6.41. The molecule has 1 radical (unpaired) electrons. The molecule has 8 rings (SSSR count). The first-order valence-corrected chi connectivity index (χ1v) is 16.9. The van der Waals surface area contributed by atoms with E-state index in [1.54, 1.807) is 0 Å². The SMILES string of the molecule is Cc1c[c-]c(-c2ccc(C)cn2)cc1.Cc1cncc2nc(-c3[c-]ccc4c3oc3ccccc34)n(-c3c(C(C)C)cccc3C(C)C)c12.[Ir]. The molecule has 5 nitrogen and oxygen atoms in total. The molecule has 0 aliphatic carbocycles. The van der Waals surface area contributed by atoms with E-state index >= 15 is 0 Å². The summed E-state index contributed by atoms with van der Waals surface area (Å²) in [5, 5.41) is 2.17. The van der Waals surface area contributed by atoms with Crippen molar-refractivity contribution in [3.8, 4) is 28.3 Å². The number of hydrogen-bond acceptors (Lipinski definition) is 4. The van der Waals surface area contributed by atoms with Crippen LogP contribution in [0, 0.1) is 32.9 Å². The third-order valence-corrected chi connectivity index (χ3v) is 9.03. The average molecular weight is 833 g/mol. The molecule has 0 aliphatic rings. The number of pyridine rings is 2. The summed E-state index contributed by atoms with van der Waals surface area (Å²) < 4.78 is 8.74. The second-order valence-electron chi connectivity index (χ2n) is 13.4. The Morgan fingerprint density at radius 1 is 0.720 bits per heavy atom. The molecule has 0 saturated heterocycles. The number of rotatable bonds is 5. The van der Waals surface area contributed by atoms with Crippen LogP contribution in [0.4, 0.5) is 0 Å². The van der Waals surface area contributed by atoms with Gasteiger partial charge in [0.15, 0.2) is 0 Å². The Bertz CT molecular complexity index is 2350. The summed E-state index contributed by atoms with van der Waals surface area (Å²) in [5.41, 5.74) is 13.8. The van der Waals surface area contributed by atoms with Gasteiger partial charge in [-0.05, 0) is 59.7 Å². The first-order chi connectivity index (χ1) is 23.7. The zero-order valence-electron chi connectivity index (χ0n) is 29.5. The fourth-order valence-corrected chi connectivity index (χ4v) is 6.49. The Hall–Kier alpha value is -4.90. The molecule has 0 spiro atoms. The molecule has 0 amide bonds. The van der Waals surface area contributed by atoms with Gasteiger partial charge in [0, 0.05) is 43.6 Å². The van der Waals surface area contributed by atoms with Gasteiger partial charge in [0.05, 0.1) is 28.6 Å². The second kappa shape index (κ2) is 14.5. The Labute approximate surface area is 307 Å². The molecule has 4 aromatic heterocycles. The first kappa shape index (κ1) is 34.9. The summed E-state index contributed by atoms with van der Waals surface area (Å²) in [7, 11) is 0. The van der Waals surface area contributed by atoms with Gasteiger partial charge in [-0.15, -0.1) is 53.6 Å². The van der Waals surface area contributed by atoms with Gasteiger partial charge in [-0.1, -0.05) is 94.1 Å². The number of imidazole rings is 1. The molecule has 6 heteroatoms. The van der Waals surface area contributed by atoms with Crippen molar-refractivity contribution in [1.29, 1.82) is 0 Å². The van der Waals surface area contributed by atoms with Crippen molar-refractivity contribution < 1.29 is 24.5 Å². The van der Waals surface area contributed by atoms with E-state index < -0.39 is 0 Å². The quantitative estimate of drug-likeness (QED) is 0.162. The van der Waals surface area contributed by atoms with Crippen molar-refractivity contribution in [2.75, 3.05) is 0 Å². The number of benzene rings is 4. The van der Waals surface area contributed by atoms with Gasteiger partial charge in [0.2, 0.25) is 0 Å². The fraction of sp³-hybridized carbons (Fsp3) is 0.205. The predicted molar refractivity (Wildman–Crippen MR) is 201 cm³/mol. The normalized spacial score (nSPS) is 11.3. The summed E-state index contributed by atoms with van der Waals surface area (Å²) in [6.45, 7) is 15.2. The van der Waals surface area contributed by atoms with Crippen LogP contribution in [0.1, 0.15) is 67.3 Å². The van der Waals surface area contributed by atoms with Crippen LogP contribution in [0.15, 0.2) is 108 Å². The Morgan fingerprint density at radius 2 is 1.46 bits per heavy atom. The third-order valence-electron chi connectivity index (χ3n) is 9.03. The monoisotopic (exact) mass is 833 g/mol. The number of aromatic nitrogens is 4. The average Bonchev–Trinajstić information content (AvgIpc) is 3.68. The van der Waals surface area contributed by atoms with Crippen LogP contribution >= 0.6 is 0 Å². The molecule has 50 heavy (non-hydrogen) atoms. The van der Waals surface area contributed by atoms with Crippen molar-refractivity contribution >= 4 is 33.0 Å². The number of para-hydroxylation sites is 2. The molecular formula is C44H40IrN4O-2. The number of fused-ring (bicyclic) bond motifs is 4. The van der Waals surface area contributed by atoms with Crippen LogP contribution in [0.2, 0.25) is 0 Å². The molecular weight excluding hydrogens is 793 g/mol. The van der Waals surface area contributed by atoms with Crippen LogP contribution in [-0.4, -0.2) is 19.5 Å². The molecule has 0 saturated carbocycles. The molecule has 0 N–H and O–H groups in total. The van der Waals surface area contributed by atoms with E-state index in [0.717, 1.165) is 61.2 Å². The van der Waals surface area contributed by atoms with E-state index in [4.69, 9.17) is 9.40 Å². The topological polar surface area (TPSA) is 56.7 Å². The van der Waals surface area contributed by atoms with E-state index in [2.05, 4.69) is 111 Å². The molecule has 8 aromatic rings. The van der Waals surface area contributed by atoms with Crippen molar-refractivity contribution in [2.45, 2.75) is 60.3 Å². The summed E-state index contributed by atoms with van der Waals surface area (Å²) in [6, 6.07) is 35.8. The maximum Gasteiger partial charge on any atom is 0.120 e. The van der Waals surface area contributed by atoms with E-state index in [9.17, 15) is 0 Å². The van der Waals surface area contributed by atoms with Crippen molar-refractivity contribution in [3.05, 3.63) is 143 Å².